The van der Waals surface area contributed by atoms with E-state index in [0.717, 1.165) is 0 Å². The Morgan fingerprint density at radius 1 is 0.867 bits per heavy atom. The van der Waals surface area contributed by atoms with Crippen molar-refractivity contribution in [2.75, 3.05) is 0 Å². The Bertz CT molecular complexity index is 272. The molecule has 0 spiro atoms. The first-order valence-electron chi connectivity index (χ1n) is 3.47. The van der Waals surface area contributed by atoms with Crippen LogP contribution in [0.25, 0.3) is 0 Å². The lowest BCUT2D eigenvalue weighted by Gasteiger charge is -2.17. The van der Waals surface area contributed by atoms with E-state index in [1.165, 1.54) is 0 Å². The van der Waals surface area contributed by atoms with Gasteiger partial charge in [-0.2, -0.15) is 0 Å². The van der Waals surface area contributed by atoms with Crippen LogP contribution < -0.4 is 0 Å². The largest absolute Gasteiger partial charge is 0.479 e. The van der Waals surface area contributed by atoms with E-state index in [9.17, 15) is 14.4 Å². The normalized spacial score (nSPS) is 16.4. The monoisotopic (exact) mass is 224 g/mol. The first-order valence-corrected chi connectivity index (χ1v) is 3.47. The van der Waals surface area contributed by atoms with Gasteiger partial charge in [0.25, 0.3) is 6.29 Å². The fraction of sp³-hybridized carbons (Fsp3) is 0.500. The number of aliphatic carboxylic acids is 3. The second kappa shape index (κ2) is 5.24. The fourth-order valence-corrected chi connectivity index (χ4v) is 0.594. The molecule has 9 nitrogen and oxygen atoms in total. The number of carboxylic acid groups (broad SMARTS) is 3. The van der Waals surface area contributed by atoms with Gasteiger partial charge < -0.3 is 30.3 Å². The number of aliphatic hydroxyl groups excluding tert-OH is 2. The third-order valence-electron chi connectivity index (χ3n) is 1.27. The Morgan fingerprint density at radius 2 is 1.33 bits per heavy atom. The SMILES string of the molecule is O=C(O)C(O)OC(C(=O)O)C(O)C(=O)O. The van der Waals surface area contributed by atoms with Crippen LogP contribution in [0.2, 0.25) is 0 Å². The first-order chi connectivity index (χ1) is 6.77. The summed E-state index contributed by atoms with van der Waals surface area (Å²) >= 11 is 0. The van der Waals surface area contributed by atoms with Crippen molar-refractivity contribution in [3.8, 4) is 0 Å². The third-order valence-corrected chi connectivity index (χ3v) is 1.27. The van der Waals surface area contributed by atoms with Gasteiger partial charge in [-0.05, 0) is 0 Å². The number of carboxylic acids is 3. The summed E-state index contributed by atoms with van der Waals surface area (Å²) in [5, 5.41) is 42.1. The van der Waals surface area contributed by atoms with E-state index >= 15 is 0 Å². The van der Waals surface area contributed by atoms with Gasteiger partial charge in [-0.25, -0.2) is 14.4 Å². The van der Waals surface area contributed by atoms with Gasteiger partial charge in [0.15, 0.2) is 12.2 Å². The summed E-state index contributed by atoms with van der Waals surface area (Å²) in [6, 6.07) is 0. The van der Waals surface area contributed by atoms with E-state index in [1.54, 1.807) is 0 Å². The summed E-state index contributed by atoms with van der Waals surface area (Å²) in [7, 11) is 0. The molecule has 0 aliphatic carbocycles. The Hall–Kier alpha value is -1.71. The van der Waals surface area contributed by atoms with Gasteiger partial charge in [0.1, 0.15) is 0 Å². The van der Waals surface area contributed by atoms with Gasteiger partial charge >= 0.3 is 17.9 Å². The van der Waals surface area contributed by atoms with Crippen molar-refractivity contribution in [1.29, 1.82) is 0 Å². The molecule has 0 fully saturated rings. The number of rotatable bonds is 6. The van der Waals surface area contributed by atoms with Gasteiger partial charge in [-0.15, -0.1) is 0 Å². The van der Waals surface area contributed by atoms with Crippen LogP contribution in [-0.4, -0.2) is 61.9 Å². The molecule has 5 N–H and O–H groups in total. The van der Waals surface area contributed by atoms with E-state index < -0.39 is 36.4 Å². The summed E-state index contributed by atoms with van der Waals surface area (Å²) in [5.74, 6) is -5.73. The van der Waals surface area contributed by atoms with Crippen molar-refractivity contribution in [2.24, 2.45) is 0 Å². The molecule has 0 rings (SSSR count). The van der Waals surface area contributed by atoms with Crippen molar-refractivity contribution in [3.63, 3.8) is 0 Å². The molecule has 0 aliphatic rings. The number of ether oxygens (including phenoxy) is 1. The van der Waals surface area contributed by atoms with Crippen molar-refractivity contribution >= 4 is 17.9 Å². The van der Waals surface area contributed by atoms with Gasteiger partial charge in [0.2, 0.25) is 0 Å². The van der Waals surface area contributed by atoms with Crippen LogP contribution in [0.3, 0.4) is 0 Å². The van der Waals surface area contributed by atoms with Gasteiger partial charge in [-0.1, -0.05) is 0 Å². The molecule has 0 bridgehead atoms. The highest BCUT2D eigenvalue weighted by Crippen LogP contribution is 2.04. The molecule has 3 unspecified atom stereocenters. The maximum atomic E-state index is 10.4. The average molecular weight is 224 g/mol. The summed E-state index contributed by atoms with van der Waals surface area (Å²) in [5.41, 5.74) is 0. The molecule has 0 aromatic heterocycles. The minimum atomic E-state index is -2.53. The topological polar surface area (TPSA) is 162 Å². The predicted octanol–water partition coefficient (Wildman–Crippen LogP) is -2.70. The Morgan fingerprint density at radius 3 is 1.60 bits per heavy atom. The highest BCUT2D eigenvalue weighted by atomic mass is 16.6. The Labute approximate surface area is 82.1 Å². The molecule has 0 saturated heterocycles. The van der Waals surface area contributed by atoms with Gasteiger partial charge in [-0.3, -0.25) is 0 Å². The van der Waals surface area contributed by atoms with Gasteiger partial charge in [0.05, 0.1) is 0 Å². The first kappa shape index (κ1) is 13.3. The van der Waals surface area contributed by atoms with Crippen molar-refractivity contribution in [3.05, 3.63) is 0 Å². The molecule has 0 aromatic carbocycles. The molecule has 86 valence electrons. The zero-order valence-electron chi connectivity index (χ0n) is 7.10. The van der Waals surface area contributed by atoms with E-state index in [0.29, 0.717) is 0 Å². The van der Waals surface area contributed by atoms with Gasteiger partial charge in [0, 0.05) is 0 Å². The van der Waals surface area contributed by atoms with E-state index in [2.05, 4.69) is 4.74 Å². The molecule has 9 heteroatoms. The zero-order valence-corrected chi connectivity index (χ0v) is 7.10. The van der Waals surface area contributed by atoms with Crippen LogP contribution >= 0.6 is 0 Å². The predicted molar refractivity (Wildman–Crippen MR) is 39.8 cm³/mol. The van der Waals surface area contributed by atoms with E-state index in [-0.39, 0.29) is 0 Å². The fourth-order valence-electron chi connectivity index (χ4n) is 0.594. The molecule has 15 heavy (non-hydrogen) atoms. The molecule has 0 aromatic rings. The number of carbonyl (C=O) groups is 3. The molecule has 3 atom stereocenters. The smallest absolute Gasteiger partial charge is 0.360 e. The maximum absolute atomic E-state index is 10.4. The second-order valence-corrected chi connectivity index (χ2v) is 2.37. The summed E-state index contributed by atoms with van der Waals surface area (Å²) in [6.07, 6.45) is -7.37. The molecule has 0 aliphatic heterocycles. The summed E-state index contributed by atoms with van der Waals surface area (Å²) < 4.78 is 3.92. The Kier molecular flexibility index (Phi) is 4.64. The van der Waals surface area contributed by atoms with Crippen LogP contribution in [0.1, 0.15) is 0 Å². The van der Waals surface area contributed by atoms with Crippen molar-refractivity contribution in [2.45, 2.75) is 18.5 Å². The Balaban J connectivity index is 4.62. The van der Waals surface area contributed by atoms with Crippen LogP contribution in [0, 0.1) is 0 Å². The lowest BCUT2D eigenvalue weighted by atomic mass is 10.2. The lowest BCUT2D eigenvalue weighted by Crippen LogP contribution is -2.45. The molecule has 0 heterocycles. The van der Waals surface area contributed by atoms with Crippen LogP contribution in [-0.2, 0) is 19.1 Å². The molecular weight excluding hydrogens is 216 g/mol. The average Bonchev–Trinajstić information content (AvgIpc) is 2.11. The summed E-state index contributed by atoms with van der Waals surface area (Å²) in [4.78, 5) is 30.6. The molecule has 0 saturated carbocycles. The highest BCUT2D eigenvalue weighted by molar-refractivity contribution is 5.83. The van der Waals surface area contributed by atoms with E-state index in [1.807, 2.05) is 0 Å². The highest BCUT2D eigenvalue weighted by Gasteiger charge is 2.36. The number of hydrogen-bond acceptors (Lipinski definition) is 6. The van der Waals surface area contributed by atoms with Crippen molar-refractivity contribution in [1.82, 2.24) is 0 Å². The minimum absolute atomic E-state index is 1.90. The number of aliphatic hydroxyl groups is 2. The maximum Gasteiger partial charge on any atom is 0.360 e. The number of hydrogen-bond donors (Lipinski definition) is 5. The van der Waals surface area contributed by atoms with Crippen LogP contribution in [0.4, 0.5) is 0 Å². The van der Waals surface area contributed by atoms with E-state index in [4.69, 9.17) is 25.5 Å². The summed E-state index contributed by atoms with van der Waals surface area (Å²) in [6.45, 7) is 0. The van der Waals surface area contributed by atoms with Crippen LogP contribution in [0.5, 0.6) is 0 Å². The quantitative estimate of drug-likeness (QED) is 0.302. The standard InChI is InChI=1S/C6H8O9/c7-1(3(8)9)2(4(10)11)15-6(14)5(12)13/h1-2,6-7,14H,(H,8,9)(H,10,11)(H,12,13). The minimum Gasteiger partial charge on any atom is -0.479 e. The third kappa shape index (κ3) is 3.89. The van der Waals surface area contributed by atoms with Crippen molar-refractivity contribution < 1.29 is 44.7 Å². The molecular formula is C6H8O9. The lowest BCUT2D eigenvalue weighted by molar-refractivity contribution is -0.207. The van der Waals surface area contributed by atoms with Crippen LogP contribution in [0.15, 0.2) is 0 Å². The zero-order chi connectivity index (χ0) is 12.2. The molecule has 0 amide bonds. The molecule has 0 radical (unpaired) electrons. The second-order valence-electron chi connectivity index (χ2n) is 2.37.